The lowest BCUT2D eigenvalue weighted by Crippen LogP contribution is -1.98. The normalized spacial score (nSPS) is 9.56. The van der Waals surface area contributed by atoms with E-state index in [0.717, 1.165) is 0 Å². The molecule has 0 radical (unpaired) electrons. The fourth-order valence-corrected chi connectivity index (χ4v) is 0.498. The zero-order valence-corrected chi connectivity index (χ0v) is 5.18. The third-order valence-electron chi connectivity index (χ3n) is 0.949. The first-order valence-electron chi connectivity index (χ1n) is 2.66. The summed E-state index contributed by atoms with van der Waals surface area (Å²) in [4.78, 5) is 3.94. The van der Waals surface area contributed by atoms with Gasteiger partial charge in [-0.3, -0.25) is 5.10 Å². The molecule has 1 aromatic rings. The number of nitrogens with two attached hydrogens (primary N) is 1. The molecule has 0 unspecified atom stereocenters. The number of anilines is 1. The van der Waals surface area contributed by atoms with E-state index >= 15 is 0 Å². The van der Waals surface area contributed by atoms with E-state index in [2.05, 4.69) is 20.5 Å². The highest BCUT2D eigenvalue weighted by Crippen LogP contribution is 1.93. The van der Waals surface area contributed by atoms with Crippen LogP contribution in [0.25, 0.3) is 0 Å². The minimum Gasteiger partial charge on any atom is -0.356 e. The summed E-state index contributed by atoms with van der Waals surface area (Å²) in [6.07, 6.45) is 0. The van der Waals surface area contributed by atoms with Gasteiger partial charge >= 0.3 is 0 Å². The van der Waals surface area contributed by atoms with Crippen molar-refractivity contribution in [3.05, 3.63) is 5.82 Å². The van der Waals surface area contributed by atoms with Gasteiger partial charge in [-0.05, 0) is 0 Å². The fraction of sp³-hybridized carbons (Fsp3) is 0.500. The van der Waals surface area contributed by atoms with Crippen LogP contribution in [0, 0.1) is 0 Å². The molecule has 5 nitrogen and oxygen atoms in total. The summed E-state index contributed by atoms with van der Waals surface area (Å²) >= 11 is 0. The molecule has 9 heavy (non-hydrogen) atoms. The molecule has 0 fully saturated rings. The molecule has 0 aliphatic rings. The van der Waals surface area contributed by atoms with E-state index in [1.165, 1.54) is 0 Å². The predicted molar refractivity (Wildman–Crippen MR) is 33.8 cm³/mol. The minimum absolute atomic E-state index is 0.397. The molecular weight excluding hydrogens is 118 g/mol. The molecule has 0 spiro atoms. The Morgan fingerprint density at radius 1 is 1.78 bits per heavy atom. The molecule has 1 heterocycles. The third kappa shape index (κ3) is 1.17. The summed E-state index contributed by atoms with van der Waals surface area (Å²) in [5.41, 5.74) is 5.26. The van der Waals surface area contributed by atoms with Crippen molar-refractivity contribution in [1.82, 2.24) is 15.2 Å². The number of aromatic nitrogens is 3. The Morgan fingerprint density at radius 3 is 2.89 bits per heavy atom. The molecule has 5 heteroatoms. The summed E-state index contributed by atoms with van der Waals surface area (Å²) in [5.74, 6) is 1.27. The Morgan fingerprint density at radius 2 is 2.56 bits per heavy atom. The SMILES string of the molecule is CNc1n[nH]c(CN)n1. The topological polar surface area (TPSA) is 79.6 Å². The highest BCUT2D eigenvalue weighted by atomic mass is 15.3. The van der Waals surface area contributed by atoms with Crippen LogP contribution in [0.2, 0.25) is 0 Å². The van der Waals surface area contributed by atoms with E-state index in [9.17, 15) is 0 Å². The van der Waals surface area contributed by atoms with Crippen molar-refractivity contribution in [2.24, 2.45) is 5.73 Å². The number of aromatic amines is 1. The summed E-state index contributed by atoms with van der Waals surface area (Å²) in [7, 11) is 1.75. The molecule has 0 saturated carbocycles. The highest BCUT2D eigenvalue weighted by molar-refractivity contribution is 5.20. The van der Waals surface area contributed by atoms with Crippen molar-refractivity contribution in [3.8, 4) is 0 Å². The fourth-order valence-electron chi connectivity index (χ4n) is 0.498. The second-order valence-corrected chi connectivity index (χ2v) is 1.56. The van der Waals surface area contributed by atoms with Gasteiger partial charge in [-0.1, -0.05) is 0 Å². The Bertz CT molecular complexity index is 162. The van der Waals surface area contributed by atoms with Gasteiger partial charge in [0.05, 0.1) is 6.54 Å². The van der Waals surface area contributed by atoms with Gasteiger partial charge in [0.15, 0.2) is 0 Å². The van der Waals surface area contributed by atoms with Gasteiger partial charge in [0.1, 0.15) is 5.82 Å². The first-order valence-corrected chi connectivity index (χ1v) is 2.66. The van der Waals surface area contributed by atoms with Gasteiger partial charge in [-0.2, -0.15) is 4.98 Å². The van der Waals surface area contributed by atoms with Crippen molar-refractivity contribution in [1.29, 1.82) is 0 Å². The molecule has 0 aromatic carbocycles. The molecule has 0 aliphatic carbocycles. The van der Waals surface area contributed by atoms with Crippen LogP contribution in [0.15, 0.2) is 0 Å². The van der Waals surface area contributed by atoms with E-state index in [4.69, 9.17) is 5.73 Å². The third-order valence-corrected chi connectivity index (χ3v) is 0.949. The van der Waals surface area contributed by atoms with Gasteiger partial charge in [0.2, 0.25) is 5.95 Å². The monoisotopic (exact) mass is 127 g/mol. The van der Waals surface area contributed by atoms with Gasteiger partial charge < -0.3 is 11.1 Å². The molecule has 4 N–H and O–H groups in total. The largest absolute Gasteiger partial charge is 0.356 e. The summed E-state index contributed by atoms with van der Waals surface area (Å²) in [6.45, 7) is 0.397. The predicted octanol–water partition coefficient (Wildman–Crippen LogP) is -0.695. The van der Waals surface area contributed by atoms with Crippen LogP contribution in [-0.4, -0.2) is 22.2 Å². The van der Waals surface area contributed by atoms with Gasteiger partial charge in [-0.25, -0.2) is 0 Å². The Balaban J connectivity index is 2.74. The van der Waals surface area contributed by atoms with Crippen molar-refractivity contribution in [2.45, 2.75) is 6.54 Å². The van der Waals surface area contributed by atoms with Crippen LogP contribution in [-0.2, 0) is 6.54 Å². The second-order valence-electron chi connectivity index (χ2n) is 1.56. The second kappa shape index (κ2) is 2.45. The summed E-state index contributed by atoms with van der Waals surface area (Å²) < 4.78 is 0. The van der Waals surface area contributed by atoms with E-state index < -0.39 is 0 Å². The number of rotatable bonds is 2. The summed E-state index contributed by atoms with van der Waals surface area (Å²) in [5, 5.41) is 9.21. The number of hydrogen-bond donors (Lipinski definition) is 3. The van der Waals surface area contributed by atoms with Crippen LogP contribution in [0.4, 0.5) is 5.95 Å². The molecule has 0 saturated heterocycles. The molecule has 0 atom stereocenters. The highest BCUT2D eigenvalue weighted by Gasteiger charge is 1.95. The van der Waals surface area contributed by atoms with Crippen molar-refractivity contribution >= 4 is 5.95 Å². The minimum atomic E-state index is 0.397. The Kier molecular flexibility index (Phi) is 1.64. The van der Waals surface area contributed by atoms with Crippen LogP contribution < -0.4 is 11.1 Å². The molecule has 1 rings (SSSR count). The zero-order chi connectivity index (χ0) is 6.69. The average Bonchev–Trinajstić information content (AvgIpc) is 2.34. The lowest BCUT2D eigenvalue weighted by atomic mass is 10.6. The molecule has 0 amide bonds. The maximum atomic E-state index is 5.26. The molecule has 0 aliphatic heterocycles. The lowest BCUT2D eigenvalue weighted by Gasteiger charge is -1.84. The summed E-state index contributed by atoms with van der Waals surface area (Å²) in [6, 6.07) is 0. The van der Waals surface area contributed by atoms with Crippen molar-refractivity contribution < 1.29 is 0 Å². The van der Waals surface area contributed by atoms with Gasteiger partial charge in [-0.15, -0.1) is 5.10 Å². The maximum Gasteiger partial charge on any atom is 0.241 e. The molecular formula is C4H9N5. The van der Waals surface area contributed by atoms with E-state index in [1.54, 1.807) is 7.05 Å². The first-order chi connectivity index (χ1) is 4.36. The number of H-pyrrole nitrogens is 1. The van der Waals surface area contributed by atoms with Crippen molar-refractivity contribution in [3.63, 3.8) is 0 Å². The standard InChI is InChI=1S/C4H9N5/c1-6-4-7-3(2-5)8-9-4/h2,5H2,1H3,(H2,6,7,8,9). The van der Waals surface area contributed by atoms with Gasteiger partial charge in [0, 0.05) is 7.05 Å². The quantitative estimate of drug-likeness (QED) is 0.491. The lowest BCUT2D eigenvalue weighted by molar-refractivity contribution is 0.917. The average molecular weight is 127 g/mol. The Hall–Kier alpha value is -1.10. The van der Waals surface area contributed by atoms with Crippen LogP contribution in [0.1, 0.15) is 5.82 Å². The number of nitrogens with one attached hydrogen (secondary N) is 2. The number of hydrogen-bond acceptors (Lipinski definition) is 4. The van der Waals surface area contributed by atoms with E-state index in [1.807, 2.05) is 0 Å². The Labute approximate surface area is 52.7 Å². The van der Waals surface area contributed by atoms with E-state index in [-0.39, 0.29) is 0 Å². The van der Waals surface area contributed by atoms with Crippen LogP contribution >= 0.6 is 0 Å². The number of nitrogens with zero attached hydrogens (tertiary/aromatic N) is 2. The molecule has 0 bridgehead atoms. The maximum absolute atomic E-state index is 5.26. The first kappa shape index (κ1) is 6.03. The van der Waals surface area contributed by atoms with E-state index in [0.29, 0.717) is 18.3 Å². The molecule has 50 valence electrons. The molecule has 1 aromatic heterocycles. The smallest absolute Gasteiger partial charge is 0.241 e. The van der Waals surface area contributed by atoms with Crippen molar-refractivity contribution in [2.75, 3.05) is 12.4 Å². The van der Waals surface area contributed by atoms with Crippen LogP contribution in [0.3, 0.4) is 0 Å². The zero-order valence-electron chi connectivity index (χ0n) is 5.18. The van der Waals surface area contributed by atoms with Gasteiger partial charge in [0.25, 0.3) is 0 Å². The van der Waals surface area contributed by atoms with Crippen LogP contribution in [0.5, 0.6) is 0 Å².